The summed E-state index contributed by atoms with van der Waals surface area (Å²) in [4.78, 5) is 10.5. The van der Waals surface area contributed by atoms with Gasteiger partial charge in [0, 0.05) is 5.69 Å². The smallest absolute Gasteiger partial charge is 0.232 e. The van der Waals surface area contributed by atoms with Crippen LogP contribution < -0.4 is 10.5 Å². The average Bonchev–Trinajstić information content (AvgIpc) is 2.28. The Labute approximate surface area is 94.7 Å². The summed E-state index contributed by atoms with van der Waals surface area (Å²) in [6.45, 7) is 1.54. The van der Waals surface area contributed by atoms with Crippen molar-refractivity contribution in [2.45, 2.75) is 13.0 Å². The molecule has 1 unspecified atom stereocenters. The van der Waals surface area contributed by atoms with E-state index in [-0.39, 0.29) is 5.75 Å². The zero-order chi connectivity index (χ0) is 12.2. The lowest BCUT2D eigenvalue weighted by molar-refractivity contribution is -0.109. The molecule has 1 aromatic carbocycles. The molecule has 0 saturated heterocycles. The lowest BCUT2D eigenvalue weighted by atomic mass is 10.1. The number of aldehydes is 1. The predicted octanol–water partition coefficient (Wildman–Crippen LogP) is 0.647. The second kappa shape index (κ2) is 5.09. The Morgan fingerprint density at radius 3 is 2.75 bits per heavy atom. The third-order valence-electron chi connectivity index (χ3n) is 2.07. The first kappa shape index (κ1) is 12.7. The fourth-order valence-electron chi connectivity index (χ4n) is 1.14. The molecular formula is C10H14N2O3S. The predicted molar refractivity (Wildman–Crippen MR) is 62.5 cm³/mol. The molecule has 88 valence electrons. The van der Waals surface area contributed by atoms with Crippen LogP contribution in [0.5, 0.6) is 0 Å². The summed E-state index contributed by atoms with van der Waals surface area (Å²) in [5.41, 5.74) is 6.50. The van der Waals surface area contributed by atoms with Crippen LogP contribution in [0.4, 0.5) is 5.69 Å². The normalized spacial score (nSPS) is 13.1. The van der Waals surface area contributed by atoms with Gasteiger partial charge in [-0.05, 0) is 24.6 Å². The number of carbonyl (C=O) groups is 1. The monoisotopic (exact) mass is 242 g/mol. The van der Waals surface area contributed by atoms with Crippen molar-refractivity contribution in [2.75, 3.05) is 10.5 Å². The maximum absolute atomic E-state index is 11.3. The third-order valence-corrected chi connectivity index (χ3v) is 3.38. The first-order valence-corrected chi connectivity index (χ1v) is 6.45. The molecule has 0 aromatic heterocycles. The minimum absolute atomic E-state index is 0.00301. The number of nitrogens with one attached hydrogen (secondary N) is 1. The summed E-state index contributed by atoms with van der Waals surface area (Å²) < 4.78 is 25.0. The van der Waals surface area contributed by atoms with Crippen LogP contribution in [0.15, 0.2) is 24.3 Å². The van der Waals surface area contributed by atoms with Gasteiger partial charge in [0.2, 0.25) is 10.0 Å². The Balaban J connectivity index is 2.95. The van der Waals surface area contributed by atoms with Crippen LogP contribution in [0.25, 0.3) is 0 Å². The molecule has 16 heavy (non-hydrogen) atoms. The van der Waals surface area contributed by atoms with E-state index in [0.29, 0.717) is 17.5 Å². The van der Waals surface area contributed by atoms with Crippen molar-refractivity contribution < 1.29 is 13.2 Å². The third kappa shape index (κ3) is 3.32. The summed E-state index contributed by atoms with van der Waals surface area (Å²) >= 11 is 0. The Hall–Kier alpha value is -1.40. The molecule has 0 bridgehead atoms. The molecule has 0 spiro atoms. The average molecular weight is 242 g/mol. The molecule has 3 N–H and O–H groups in total. The van der Waals surface area contributed by atoms with E-state index in [2.05, 4.69) is 4.72 Å². The number of sulfonamides is 1. The van der Waals surface area contributed by atoms with Crippen molar-refractivity contribution in [1.82, 2.24) is 0 Å². The fraction of sp³-hybridized carbons (Fsp3) is 0.300. The van der Waals surface area contributed by atoms with E-state index in [0.717, 1.165) is 0 Å². The van der Waals surface area contributed by atoms with Crippen LogP contribution in [0.3, 0.4) is 0 Å². The fourth-order valence-corrected chi connectivity index (χ4v) is 1.77. The molecule has 6 heteroatoms. The first-order valence-electron chi connectivity index (χ1n) is 4.80. The van der Waals surface area contributed by atoms with Crippen LogP contribution >= 0.6 is 0 Å². The van der Waals surface area contributed by atoms with Crippen molar-refractivity contribution in [3.63, 3.8) is 0 Å². The van der Waals surface area contributed by atoms with Crippen LogP contribution in [0.1, 0.15) is 18.5 Å². The van der Waals surface area contributed by atoms with Crippen molar-refractivity contribution in [3.05, 3.63) is 29.8 Å². The molecule has 5 nitrogen and oxygen atoms in total. The molecule has 0 heterocycles. The highest BCUT2D eigenvalue weighted by Crippen LogP contribution is 2.15. The van der Waals surface area contributed by atoms with Gasteiger partial charge in [-0.15, -0.1) is 0 Å². The zero-order valence-electron chi connectivity index (χ0n) is 8.88. The number of carbonyl (C=O) groups excluding carboxylic acids is 1. The maximum atomic E-state index is 11.3. The summed E-state index contributed by atoms with van der Waals surface area (Å²) in [6, 6.07) is 5.74. The molecule has 1 aromatic rings. The summed E-state index contributed by atoms with van der Waals surface area (Å²) in [7, 11) is -3.30. The molecule has 0 aliphatic carbocycles. The molecular weight excluding hydrogens is 228 g/mol. The highest BCUT2D eigenvalue weighted by Gasteiger charge is 2.09. The Morgan fingerprint density at radius 2 is 2.19 bits per heavy atom. The lowest BCUT2D eigenvalue weighted by Crippen LogP contribution is -2.16. The Morgan fingerprint density at radius 1 is 1.50 bits per heavy atom. The van der Waals surface area contributed by atoms with Gasteiger partial charge in [0.05, 0.1) is 11.8 Å². The van der Waals surface area contributed by atoms with Crippen molar-refractivity contribution in [2.24, 2.45) is 5.73 Å². The standard InChI is InChI=1S/C10H14N2O3S/c1-2-16(14,15)12-9-5-3-4-8(6-9)10(11)7-13/h3-7,10,12H,2,11H2,1H3. The van der Waals surface area contributed by atoms with Crippen LogP contribution in [-0.4, -0.2) is 20.5 Å². The molecule has 0 aliphatic heterocycles. The number of anilines is 1. The van der Waals surface area contributed by atoms with Gasteiger partial charge in [-0.1, -0.05) is 12.1 Å². The van der Waals surface area contributed by atoms with E-state index in [1.165, 1.54) is 0 Å². The van der Waals surface area contributed by atoms with Crippen molar-refractivity contribution >= 4 is 22.0 Å². The summed E-state index contributed by atoms with van der Waals surface area (Å²) in [6.07, 6.45) is 0.605. The molecule has 0 amide bonds. The van der Waals surface area contributed by atoms with Crippen LogP contribution in [-0.2, 0) is 14.8 Å². The number of rotatable bonds is 5. The number of hydrogen-bond donors (Lipinski definition) is 2. The van der Waals surface area contributed by atoms with E-state index in [1.807, 2.05) is 0 Å². The molecule has 0 fully saturated rings. The minimum atomic E-state index is -3.30. The van der Waals surface area contributed by atoms with E-state index in [9.17, 15) is 13.2 Å². The van der Waals surface area contributed by atoms with Gasteiger partial charge in [0.15, 0.2) is 0 Å². The quantitative estimate of drug-likeness (QED) is 0.742. The molecule has 0 aliphatic rings. The molecule has 1 rings (SSSR count). The van der Waals surface area contributed by atoms with Gasteiger partial charge in [-0.25, -0.2) is 8.42 Å². The number of hydrogen-bond acceptors (Lipinski definition) is 4. The molecule has 0 saturated carbocycles. The van der Waals surface area contributed by atoms with Gasteiger partial charge in [-0.3, -0.25) is 4.72 Å². The maximum Gasteiger partial charge on any atom is 0.232 e. The highest BCUT2D eigenvalue weighted by atomic mass is 32.2. The largest absolute Gasteiger partial charge is 0.318 e. The zero-order valence-corrected chi connectivity index (χ0v) is 9.70. The second-order valence-corrected chi connectivity index (χ2v) is 5.30. The highest BCUT2D eigenvalue weighted by molar-refractivity contribution is 7.92. The second-order valence-electron chi connectivity index (χ2n) is 3.29. The van der Waals surface area contributed by atoms with Gasteiger partial charge in [0.1, 0.15) is 6.29 Å². The molecule has 1 atom stereocenters. The Bertz CT molecular complexity index is 471. The Kier molecular flexibility index (Phi) is 4.03. The topological polar surface area (TPSA) is 89.3 Å². The lowest BCUT2D eigenvalue weighted by Gasteiger charge is -2.09. The van der Waals surface area contributed by atoms with Crippen molar-refractivity contribution in [3.8, 4) is 0 Å². The van der Waals surface area contributed by atoms with E-state index in [1.54, 1.807) is 31.2 Å². The SMILES string of the molecule is CCS(=O)(=O)Nc1cccc(C(N)C=O)c1. The minimum Gasteiger partial charge on any atom is -0.318 e. The first-order chi connectivity index (χ1) is 7.48. The van der Waals surface area contributed by atoms with Gasteiger partial charge < -0.3 is 10.5 Å². The van der Waals surface area contributed by atoms with Crippen LogP contribution in [0.2, 0.25) is 0 Å². The van der Waals surface area contributed by atoms with Crippen molar-refractivity contribution in [1.29, 1.82) is 0 Å². The van der Waals surface area contributed by atoms with Crippen LogP contribution in [0, 0.1) is 0 Å². The number of benzene rings is 1. The van der Waals surface area contributed by atoms with Gasteiger partial charge >= 0.3 is 0 Å². The molecule has 0 radical (unpaired) electrons. The van der Waals surface area contributed by atoms with Gasteiger partial charge in [-0.2, -0.15) is 0 Å². The van der Waals surface area contributed by atoms with E-state index >= 15 is 0 Å². The number of nitrogens with two attached hydrogens (primary N) is 1. The summed E-state index contributed by atoms with van der Waals surface area (Å²) in [5, 5.41) is 0. The van der Waals surface area contributed by atoms with E-state index < -0.39 is 16.1 Å². The van der Waals surface area contributed by atoms with E-state index in [4.69, 9.17) is 5.73 Å². The van der Waals surface area contributed by atoms with Gasteiger partial charge in [0.25, 0.3) is 0 Å². The summed E-state index contributed by atoms with van der Waals surface area (Å²) in [5.74, 6) is -0.00301.